The molecule has 1 atom stereocenters. The van der Waals surface area contributed by atoms with E-state index in [9.17, 15) is 22.8 Å². The molecule has 0 saturated carbocycles. The Balaban J connectivity index is 1.55. The number of ether oxygens (including phenoxy) is 1. The van der Waals surface area contributed by atoms with Gasteiger partial charge in [-0.2, -0.15) is 4.31 Å². The number of hydrogen-bond acceptors (Lipinski definition) is 6. The third-order valence-corrected chi connectivity index (χ3v) is 9.00. The summed E-state index contributed by atoms with van der Waals surface area (Å²) in [5.74, 6) is -1.13. The highest BCUT2D eigenvalue weighted by molar-refractivity contribution is 7.89. The number of rotatable bonds is 6. The number of sulfonamides is 1. The smallest absolute Gasteiger partial charge is 0.310 e. The molecule has 34 heavy (non-hydrogen) atoms. The SMILES string of the molecule is CCOC(=O)[C@@H]1CCCN(C(=O)CN2C(=O)C(C)(C)c3cc(S(=O)(=O)N4CCCC4)ccc32)C1. The lowest BCUT2D eigenvalue weighted by atomic mass is 9.86. The first-order valence-corrected chi connectivity index (χ1v) is 13.4. The minimum absolute atomic E-state index is 0.150. The molecule has 0 N–H and O–H groups in total. The second-order valence-corrected chi connectivity index (χ2v) is 11.7. The Bertz CT molecular complexity index is 1090. The standard InChI is InChI=1S/C24H33N3O6S/c1-4-33-22(29)17-8-7-11-25(15-17)21(28)16-27-20-10-9-18(14-19(20)24(2,3)23(27)30)34(31,32)26-12-5-6-13-26/h9-10,14,17H,4-8,11-13,15-16H2,1-3H3/t17-/m1/s1. The van der Waals surface area contributed by atoms with E-state index in [1.165, 1.54) is 15.3 Å². The van der Waals surface area contributed by atoms with Crippen molar-refractivity contribution in [1.82, 2.24) is 9.21 Å². The summed E-state index contributed by atoms with van der Waals surface area (Å²) in [5.41, 5.74) is 0.206. The summed E-state index contributed by atoms with van der Waals surface area (Å²) >= 11 is 0. The van der Waals surface area contributed by atoms with Crippen LogP contribution in [0.2, 0.25) is 0 Å². The molecule has 0 aliphatic carbocycles. The zero-order valence-electron chi connectivity index (χ0n) is 20.1. The van der Waals surface area contributed by atoms with E-state index in [0.717, 1.165) is 12.8 Å². The Kier molecular flexibility index (Phi) is 6.74. The highest BCUT2D eigenvalue weighted by Gasteiger charge is 2.46. The predicted octanol–water partition coefficient (Wildman–Crippen LogP) is 1.90. The van der Waals surface area contributed by atoms with Crippen LogP contribution in [0.5, 0.6) is 0 Å². The van der Waals surface area contributed by atoms with Gasteiger partial charge in [0.2, 0.25) is 21.8 Å². The summed E-state index contributed by atoms with van der Waals surface area (Å²) in [6, 6.07) is 4.75. The van der Waals surface area contributed by atoms with Gasteiger partial charge in [0.25, 0.3) is 0 Å². The van der Waals surface area contributed by atoms with Crippen molar-refractivity contribution in [1.29, 1.82) is 0 Å². The van der Waals surface area contributed by atoms with Crippen LogP contribution in [-0.2, 0) is 34.6 Å². The van der Waals surface area contributed by atoms with Crippen LogP contribution in [0.1, 0.15) is 52.0 Å². The molecule has 2 amide bonds. The first kappa shape index (κ1) is 24.7. The number of piperidine rings is 1. The fraction of sp³-hybridized carbons (Fsp3) is 0.625. The lowest BCUT2D eigenvalue weighted by Crippen LogP contribution is -2.48. The molecule has 10 heteroatoms. The van der Waals surface area contributed by atoms with Crippen LogP contribution in [0.15, 0.2) is 23.1 Å². The number of carbonyl (C=O) groups is 3. The van der Waals surface area contributed by atoms with E-state index in [1.54, 1.807) is 37.8 Å². The molecule has 186 valence electrons. The monoisotopic (exact) mass is 491 g/mol. The second-order valence-electron chi connectivity index (χ2n) is 9.74. The number of hydrogen-bond donors (Lipinski definition) is 0. The van der Waals surface area contributed by atoms with Gasteiger partial charge in [-0.05, 0) is 70.2 Å². The fourth-order valence-electron chi connectivity index (χ4n) is 5.10. The van der Waals surface area contributed by atoms with Gasteiger partial charge in [0, 0.05) is 31.9 Å². The van der Waals surface area contributed by atoms with Crippen LogP contribution in [0.25, 0.3) is 0 Å². The predicted molar refractivity (Wildman–Crippen MR) is 126 cm³/mol. The highest BCUT2D eigenvalue weighted by Crippen LogP contribution is 2.43. The molecule has 2 fully saturated rings. The van der Waals surface area contributed by atoms with Crippen LogP contribution in [0, 0.1) is 5.92 Å². The number of anilines is 1. The Morgan fingerprint density at radius 1 is 1.12 bits per heavy atom. The average molecular weight is 492 g/mol. The number of benzene rings is 1. The topological polar surface area (TPSA) is 104 Å². The zero-order chi connectivity index (χ0) is 24.7. The normalized spacial score (nSPS) is 22.7. The minimum Gasteiger partial charge on any atom is -0.466 e. The third-order valence-electron chi connectivity index (χ3n) is 7.10. The van der Waals surface area contributed by atoms with Gasteiger partial charge in [-0.15, -0.1) is 0 Å². The first-order valence-electron chi connectivity index (χ1n) is 12.0. The van der Waals surface area contributed by atoms with Gasteiger partial charge >= 0.3 is 5.97 Å². The number of carbonyl (C=O) groups excluding carboxylic acids is 3. The van der Waals surface area contributed by atoms with Gasteiger partial charge in [-0.3, -0.25) is 14.4 Å². The third kappa shape index (κ3) is 4.33. The molecule has 0 unspecified atom stereocenters. The van der Waals surface area contributed by atoms with E-state index in [1.807, 2.05) is 0 Å². The van der Waals surface area contributed by atoms with Crippen molar-refractivity contribution in [3.63, 3.8) is 0 Å². The van der Waals surface area contributed by atoms with Gasteiger partial charge in [-0.25, -0.2) is 8.42 Å². The minimum atomic E-state index is -3.62. The zero-order valence-corrected chi connectivity index (χ0v) is 20.9. The molecule has 9 nitrogen and oxygen atoms in total. The number of nitrogens with zero attached hydrogens (tertiary/aromatic N) is 3. The molecule has 0 spiro atoms. The molecule has 1 aromatic rings. The molecule has 4 rings (SSSR count). The molecular formula is C24H33N3O6S. The Labute approximate surface area is 201 Å². The van der Waals surface area contributed by atoms with Crippen molar-refractivity contribution in [3.8, 4) is 0 Å². The van der Waals surface area contributed by atoms with E-state index >= 15 is 0 Å². The second kappa shape index (κ2) is 9.30. The maximum Gasteiger partial charge on any atom is 0.310 e. The van der Waals surface area contributed by atoms with Crippen molar-refractivity contribution in [2.45, 2.75) is 56.8 Å². The molecule has 1 aromatic carbocycles. The van der Waals surface area contributed by atoms with E-state index in [2.05, 4.69) is 0 Å². The molecule has 2 saturated heterocycles. The summed E-state index contributed by atoms with van der Waals surface area (Å²) in [5, 5.41) is 0. The first-order chi connectivity index (χ1) is 16.1. The quantitative estimate of drug-likeness (QED) is 0.563. The summed E-state index contributed by atoms with van der Waals surface area (Å²) in [7, 11) is -3.62. The summed E-state index contributed by atoms with van der Waals surface area (Å²) in [6.07, 6.45) is 3.06. The van der Waals surface area contributed by atoms with Crippen molar-refractivity contribution >= 4 is 33.5 Å². The summed E-state index contributed by atoms with van der Waals surface area (Å²) in [4.78, 5) is 41.8. The van der Waals surface area contributed by atoms with Crippen LogP contribution in [-0.4, -0.2) is 74.7 Å². The molecule has 0 bridgehead atoms. The Morgan fingerprint density at radius 3 is 2.50 bits per heavy atom. The molecule has 0 aromatic heterocycles. The number of esters is 1. The molecule has 0 radical (unpaired) electrons. The van der Waals surface area contributed by atoms with Crippen LogP contribution >= 0.6 is 0 Å². The molecular weight excluding hydrogens is 458 g/mol. The van der Waals surface area contributed by atoms with Crippen molar-refractivity contribution in [2.24, 2.45) is 5.92 Å². The van der Waals surface area contributed by atoms with Gasteiger partial charge in [0.1, 0.15) is 6.54 Å². The van der Waals surface area contributed by atoms with Gasteiger partial charge < -0.3 is 14.5 Å². The Morgan fingerprint density at radius 2 is 1.82 bits per heavy atom. The van der Waals surface area contributed by atoms with Gasteiger partial charge in [-0.1, -0.05) is 0 Å². The summed E-state index contributed by atoms with van der Waals surface area (Å²) in [6.45, 7) is 7.23. The van der Waals surface area contributed by atoms with Gasteiger partial charge in [0.05, 0.1) is 22.8 Å². The van der Waals surface area contributed by atoms with E-state index in [-0.39, 0.29) is 41.7 Å². The van der Waals surface area contributed by atoms with E-state index in [4.69, 9.17) is 4.74 Å². The Hall–Kier alpha value is -2.46. The summed E-state index contributed by atoms with van der Waals surface area (Å²) < 4.78 is 32.7. The maximum atomic E-state index is 13.3. The average Bonchev–Trinajstić information content (AvgIpc) is 3.43. The lowest BCUT2D eigenvalue weighted by molar-refractivity contribution is -0.151. The lowest BCUT2D eigenvalue weighted by Gasteiger charge is -2.33. The van der Waals surface area contributed by atoms with Crippen LogP contribution < -0.4 is 4.90 Å². The number of fused-ring (bicyclic) bond motifs is 1. The van der Waals surface area contributed by atoms with Crippen molar-refractivity contribution in [3.05, 3.63) is 23.8 Å². The largest absolute Gasteiger partial charge is 0.466 e. The van der Waals surface area contributed by atoms with Gasteiger partial charge in [0.15, 0.2) is 0 Å². The van der Waals surface area contributed by atoms with Crippen LogP contribution in [0.4, 0.5) is 5.69 Å². The van der Waals surface area contributed by atoms with Crippen molar-refractivity contribution in [2.75, 3.05) is 44.2 Å². The number of likely N-dealkylation sites (tertiary alicyclic amines) is 1. The van der Waals surface area contributed by atoms with E-state index in [0.29, 0.717) is 50.3 Å². The highest BCUT2D eigenvalue weighted by atomic mass is 32.2. The van der Waals surface area contributed by atoms with Crippen molar-refractivity contribution < 1.29 is 27.5 Å². The molecule has 3 aliphatic rings. The molecule has 3 aliphatic heterocycles. The van der Waals surface area contributed by atoms with Crippen LogP contribution in [0.3, 0.4) is 0 Å². The number of amides is 2. The fourth-order valence-corrected chi connectivity index (χ4v) is 6.64. The maximum absolute atomic E-state index is 13.3. The van der Waals surface area contributed by atoms with E-state index < -0.39 is 15.4 Å². The molecule has 3 heterocycles.